The number of aliphatic imine (C=N–C) groups is 1. The minimum Gasteiger partial charge on any atom is -0.365 e. The molecule has 1 aliphatic rings. The van der Waals surface area contributed by atoms with Crippen LogP contribution in [0.25, 0.3) is 0 Å². The van der Waals surface area contributed by atoms with Crippen LogP contribution in [0.2, 0.25) is 0 Å². The summed E-state index contributed by atoms with van der Waals surface area (Å²) in [6, 6.07) is 3.88. The summed E-state index contributed by atoms with van der Waals surface area (Å²) in [5, 5.41) is 25.2. The van der Waals surface area contributed by atoms with Crippen LogP contribution < -0.4 is 20.7 Å². The molecule has 1 aliphatic carbocycles. The van der Waals surface area contributed by atoms with Crippen LogP contribution in [-0.2, 0) is 10.2 Å². The first kappa shape index (κ1) is 22.6. The van der Waals surface area contributed by atoms with Crippen molar-refractivity contribution in [2.75, 3.05) is 11.9 Å². The van der Waals surface area contributed by atoms with Gasteiger partial charge < -0.3 is 5.32 Å². The summed E-state index contributed by atoms with van der Waals surface area (Å²) in [5.74, 6) is -0.0774. The van der Waals surface area contributed by atoms with Crippen LogP contribution in [0.4, 0.5) is 15.9 Å². The lowest BCUT2D eigenvalue weighted by atomic mass is 9.86. The quantitative estimate of drug-likeness (QED) is 0.215. The molecule has 164 valence electrons. The third kappa shape index (κ3) is 6.18. The Labute approximate surface area is 180 Å². The zero-order valence-electron chi connectivity index (χ0n) is 15.7. The van der Waals surface area contributed by atoms with E-state index < -0.39 is 16.0 Å². The predicted molar refractivity (Wildman–Crippen MR) is 110 cm³/mol. The molecular weight excluding hydrogens is 485 g/mol. The number of halogens is 2. The Kier molecular flexibility index (Phi) is 7.36. The molecule has 11 nitrogen and oxygen atoms in total. The largest absolute Gasteiger partial charge is 0.365 e. The van der Waals surface area contributed by atoms with E-state index in [1.807, 2.05) is 5.48 Å². The second-order valence-electron chi connectivity index (χ2n) is 6.91. The van der Waals surface area contributed by atoms with E-state index in [1.165, 1.54) is 18.2 Å². The highest BCUT2D eigenvalue weighted by atomic mass is 79.9. The lowest BCUT2D eigenvalue weighted by molar-refractivity contribution is 0.234. The highest BCUT2D eigenvalue weighted by Gasteiger charge is 2.25. The summed E-state index contributed by atoms with van der Waals surface area (Å²) in [6.07, 6.45) is 3.10. The van der Waals surface area contributed by atoms with Gasteiger partial charge in [-0.1, -0.05) is 6.42 Å². The summed E-state index contributed by atoms with van der Waals surface area (Å²) in [5.41, 5.74) is 2.44. The highest BCUT2D eigenvalue weighted by molar-refractivity contribution is 9.10. The van der Waals surface area contributed by atoms with Crippen molar-refractivity contribution in [1.82, 2.24) is 20.5 Å². The highest BCUT2D eigenvalue weighted by Crippen LogP contribution is 2.26. The van der Waals surface area contributed by atoms with Crippen molar-refractivity contribution in [3.63, 3.8) is 0 Å². The van der Waals surface area contributed by atoms with E-state index >= 15 is 0 Å². The zero-order chi connectivity index (χ0) is 21.7. The van der Waals surface area contributed by atoms with Crippen LogP contribution in [0.1, 0.15) is 31.4 Å². The molecule has 30 heavy (non-hydrogen) atoms. The molecule has 1 saturated carbocycles. The van der Waals surface area contributed by atoms with E-state index in [1.54, 1.807) is 0 Å². The number of anilines is 1. The van der Waals surface area contributed by atoms with Crippen molar-refractivity contribution in [3.05, 3.63) is 34.2 Å². The molecule has 1 heterocycles. The van der Waals surface area contributed by atoms with Crippen LogP contribution in [0.3, 0.4) is 0 Å². The van der Waals surface area contributed by atoms with E-state index in [0.29, 0.717) is 18.7 Å². The predicted octanol–water partition coefficient (Wildman–Crippen LogP) is 1.79. The third-order valence-corrected chi connectivity index (χ3v) is 5.90. The smallest absolute Gasteiger partial charge is 0.274 e. The molecule has 2 unspecified atom stereocenters. The summed E-state index contributed by atoms with van der Waals surface area (Å²) >= 11 is 3.08. The van der Waals surface area contributed by atoms with Crippen LogP contribution in [-0.4, -0.2) is 42.4 Å². The first-order chi connectivity index (χ1) is 14.2. The van der Waals surface area contributed by atoms with E-state index in [9.17, 15) is 18.0 Å². The fourth-order valence-electron chi connectivity index (χ4n) is 3.33. The minimum atomic E-state index is -3.75. The summed E-state index contributed by atoms with van der Waals surface area (Å²) in [7, 11) is -3.75. The SMILES string of the molecule is NS(=O)(=O)NC1CCCC(CNc2nonc2C(=Nc2ccc(F)c(Br)c2)NO)C1. The third-order valence-electron chi connectivity index (χ3n) is 4.63. The van der Waals surface area contributed by atoms with Crippen molar-refractivity contribution in [2.45, 2.75) is 31.7 Å². The second-order valence-corrected chi connectivity index (χ2v) is 9.09. The fourth-order valence-corrected chi connectivity index (χ4v) is 4.38. The number of nitrogens with zero attached hydrogens (tertiary/aromatic N) is 3. The Morgan fingerprint density at radius 2 is 2.20 bits per heavy atom. The van der Waals surface area contributed by atoms with Gasteiger partial charge in [-0.15, -0.1) is 0 Å². The standard InChI is InChI=1S/C16H21BrFN7O4S/c17-12-7-10(4-5-13(12)18)21-16(22-26)14-15(24-29-23-14)20-8-9-2-1-3-11(6-9)25-30(19,27)28/h4-5,7,9,11,25-26H,1-3,6,8H2,(H,20,24)(H,21,22)(H2,19,27,28). The normalized spacial score (nSPS) is 20.2. The van der Waals surface area contributed by atoms with Crippen molar-refractivity contribution in [1.29, 1.82) is 0 Å². The number of nitrogens with one attached hydrogen (secondary N) is 3. The average molecular weight is 506 g/mol. The zero-order valence-corrected chi connectivity index (χ0v) is 18.1. The minimum absolute atomic E-state index is 0.0466. The molecule has 2 atom stereocenters. The molecule has 1 fully saturated rings. The van der Waals surface area contributed by atoms with Gasteiger partial charge in [0.25, 0.3) is 10.2 Å². The number of hydroxylamine groups is 1. The molecule has 1 aromatic carbocycles. The summed E-state index contributed by atoms with van der Waals surface area (Å²) in [4.78, 5) is 4.20. The number of aromatic nitrogens is 2. The Morgan fingerprint density at radius 3 is 2.90 bits per heavy atom. The van der Waals surface area contributed by atoms with E-state index in [4.69, 9.17) is 9.77 Å². The van der Waals surface area contributed by atoms with Gasteiger partial charge in [-0.2, -0.15) is 13.1 Å². The fraction of sp³-hybridized carbons (Fsp3) is 0.438. The Balaban J connectivity index is 1.68. The molecule has 0 spiro atoms. The lowest BCUT2D eigenvalue weighted by Crippen LogP contribution is -2.42. The molecule has 0 amide bonds. The summed E-state index contributed by atoms with van der Waals surface area (Å²) < 4.78 is 43.3. The molecule has 6 N–H and O–H groups in total. The molecule has 0 saturated heterocycles. The first-order valence-corrected chi connectivity index (χ1v) is 11.4. The van der Waals surface area contributed by atoms with Gasteiger partial charge in [-0.05, 0) is 69.6 Å². The topological polar surface area (TPSA) is 168 Å². The van der Waals surface area contributed by atoms with E-state index in [0.717, 1.165) is 19.3 Å². The van der Waals surface area contributed by atoms with Gasteiger partial charge in [0.1, 0.15) is 5.82 Å². The van der Waals surface area contributed by atoms with E-state index in [-0.39, 0.29) is 33.8 Å². The first-order valence-electron chi connectivity index (χ1n) is 9.06. The average Bonchev–Trinajstić information content (AvgIpc) is 3.14. The lowest BCUT2D eigenvalue weighted by Gasteiger charge is -2.29. The Morgan fingerprint density at radius 1 is 1.40 bits per heavy atom. The number of rotatable bonds is 7. The molecule has 0 radical (unpaired) electrons. The number of benzene rings is 1. The maximum Gasteiger partial charge on any atom is 0.274 e. The molecule has 0 bridgehead atoms. The van der Waals surface area contributed by atoms with Gasteiger partial charge >= 0.3 is 0 Å². The number of hydrogen-bond acceptors (Lipinski definition) is 8. The Bertz CT molecular complexity index is 1020. The van der Waals surface area contributed by atoms with Crippen molar-refractivity contribution < 1.29 is 22.6 Å². The molecule has 3 rings (SSSR count). The van der Waals surface area contributed by atoms with Crippen LogP contribution in [0.15, 0.2) is 32.3 Å². The molecule has 14 heteroatoms. The maximum absolute atomic E-state index is 13.4. The van der Waals surface area contributed by atoms with E-state index in [2.05, 4.69) is 41.3 Å². The summed E-state index contributed by atoms with van der Waals surface area (Å²) in [6.45, 7) is 0.477. The van der Waals surface area contributed by atoms with Crippen molar-refractivity contribution in [3.8, 4) is 0 Å². The van der Waals surface area contributed by atoms with Crippen LogP contribution in [0, 0.1) is 11.7 Å². The van der Waals surface area contributed by atoms with Gasteiger partial charge in [0.2, 0.25) is 5.82 Å². The van der Waals surface area contributed by atoms with Gasteiger partial charge in [-0.3, -0.25) is 10.7 Å². The van der Waals surface area contributed by atoms with Gasteiger partial charge in [0, 0.05) is 12.6 Å². The number of nitrogens with two attached hydrogens (primary N) is 1. The second kappa shape index (κ2) is 9.78. The van der Waals surface area contributed by atoms with Crippen LogP contribution >= 0.6 is 15.9 Å². The van der Waals surface area contributed by atoms with Crippen LogP contribution in [0.5, 0.6) is 0 Å². The van der Waals surface area contributed by atoms with Crippen molar-refractivity contribution >= 4 is 43.5 Å². The number of amidine groups is 1. The van der Waals surface area contributed by atoms with Gasteiger partial charge in [0.15, 0.2) is 11.5 Å². The van der Waals surface area contributed by atoms with Gasteiger partial charge in [0.05, 0.1) is 10.2 Å². The van der Waals surface area contributed by atoms with Gasteiger partial charge in [-0.25, -0.2) is 19.2 Å². The maximum atomic E-state index is 13.4. The molecule has 0 aliphatic heterocycles. The molecule has 2 aromatic rings. The molecule has 1 aromatic heterocycles. The van der Waals surface area contributed by atoms with Crippen molar-refractivity contribution in [2.24, 2.45) is 16.0 Å². The number of hydrogen-bond donors (Lipinski definition) is 5. The molecular formula is C16H21BrFN7O4S. The monoisotopic (exact) mass is 505 g/mol. The Hall–Kier alpha value is -2.13.